The van der Waals surface area contributed by atoms with Gasteiger partial charge in [0.25, 0.3) is 10.0 Å². The first-order valence-corrected chi connectivity index (χ1v) is 8.51. The second-order valence-corrected chi connectivity index (χ2v) is 8.34. The van der Waals surface area contributed by atoms with Gasteiger partial charge in [-0.3, -0.25) is 4.72 Å². The lowest BCUT2D eigenvalue weighted by Gasteiger charge is -2.11. The van der Waals surface area contributed by atoms with Gasteiger partial charge in [-0.15, -0.1) is 11.3 Å². The fourth-order valence-electron chi connectivity index (χ4n) is 1.67. The van der Waals surface area contributed by atoms with Crippen LogP contribution in [0.1, 0.15) is 15.9 Å². The molecule has 0 fully saturated rings. The number of carbonyl (C=O) groups is 1. The van der Waals surface area contributed by atoms with Crippen molar-refractivity contribution < 1.29 is 18.3 Å². The van der Waals surface area contributed by atoms with Gasteiger partial charge < -0.3 is 5.11 Å². The standard InChI is InChI=1S/C12H10BrNO4S2/c1-7-3-2-4-8(11(7)12(15)16)14-20(17,18)10-6-5-9(13)19-10/h2-6,14H,1H3,(H,15,16). The molecule has 0 aliphatic rings. The largest absolute Gasteiger partial charge is 0.478 e. The maximum absolute atomic E-state index is 12.2. The summed E-state index contributed by atoms with van der Waals surface area (Å²) in [4.78, 5) is 11.2. The number of aryl methyl sites for hydroxylation is 1. The predicted octanol–water partition coefficient (Wildman–Crippen LogP) is 3.32. The van der Waals surface area contributed by atoms with E-state index in [0.717, 1.165) is 11.3 Å². The Morgan fingerprint density at radius 2 is 2.00 bits per heavy atom. The number of thiophene rings is 1. The van der Waals surface area contributed by atoms with Crippen LogP contribution in [0.3, 0.4) is 0 Å². The van der Waals surface area contributed by atoms with Gasteiger partial charge >= 0.3 is 5.97 Å². The zero-order valence-corrected chi connectivity index (χ0v) is 13.5. The molecule has 0 atom stereocenters. The number of benzene rings is 1. The molecule has 106 valence electrons. The lowest BCUT2D eigenvalue weighted by atomic mass is 10.1. The number of carboxylic acid groups (broad SMARTS) is 1. The minimum Gasteiger partial charge on any atom is -0.478 e. The highest BCUT2D eigenvalue weighted by molar-refractivity contribution is 9.11. The molecule has 0 amide bonds. The summed E-state index contributed by atoms with van der Waals surface area (Å²) in [5.74, 6) is -1.17. The van der Waals surface area contributed by atoms with E-state index in [0.29, 0.717) is 9.35 Å². The average Bonchev–Trinajstić information content (AvgIpc) is 2.75. The zero-order valence-electron chi connectivity index (χ0n) is 10.3. The monoisotopic (exact) mass is 375 g/mol. The highest BCUT2D eigenvalue weighted by Gasteiger charge is 2.21. The van der Waals surface area contributed by atoms with Gasteiger partial charge in [-0.25, -0.2) is 13.2 Å². The van der Waals surface area contributed by atoms with E-state index in [4.69, 9.17) is 0 Å². The highest BCUT2D eigenvalue weighted by Crippen LogP contribution is 2.29. The molecule has 2 rings (SSSR count). The number of hydrogen-bond acceptors (Lipinski definition) is 4. The van der Waals surface area contributed by atoms with Crippen molar-refractivity contribution >= 4 is 48.9 Å². The Hall–Kier alpha value is -1.38. The number of sulfonamides is 1. The molecule has 5 nitrogen and oxygen atoms in total. The molecule has 0 saturated carbocycles. The van der Waals surface area contributed by atoms with Crippen LogP contribution < -0.4 is 4.72 Å². The van der Waals surface area contributed by atoms with Crippen LogP contribution in [0.4, 0.5) is 5.69 Å². The van der Waals surface area contributed by atoms with Crippen LogP contribution >= 0.6 is 27.3 Å². The molecule has 0 saturated heterocycles. The van der Waals surface area contributed by atoms with Crippen LogP contribution in [0, 0.1) is 6.92 Å². The second kappa shape index (κ2) is 5.55. The third kappa shape index (κ3) is 3.02. The molecular formula is C12H10BrNO4S2. The number of halogens is 1. The molecule has 0 bridgehead atoms. The number of anilines is 1. The van der Waals surface area contributed by atoms with E-state index < -0.39 is 16.0 Å². The molecule has 0 aliphatic carbocycles. The Morgan fingerprint density at radius 1 is 1.30 bits per heavy atom. The van der Waals surface area contributed by atoms with E-state index in [9.17, 15) is 18.3 Å². The number of rotatable bonds is 4. The van der Waals surface area contributed by atoms with Crippen molar-refractivity contribution in [3.8, 4) is 0 Å². The molecule has 2 N–H and O–H groups in total. The van der Waals surface area contributed by atoms with E-state index in [1.807, 2.05) is 0 Å². The fourth-order valence-corrected chi connectivity index (χ4v) is 4.76. The van der Waals surface area contributed by atoms with E-state index >= 15 is 0 Å². The number of carboxylic acids is 1. The molecule has 20 heavy (non-hydrogen) atoms. The van der Waals surface area contributed by atoms with Crippen molar-refractivity contribution in [2.24, 2.45) is 0 Å². The molecule has 0 radical (unpaired) electrons. The van der Waals surface area contributed by atoms with Crippen molar-refractivity contribution in [2.75, 3.05) is 4.72 Å². The van der Waals surface area contributed by atoms with Crippen molar-refractivity contribution in [1.29, 1.82) is 0 Å². The summed E-state index contributed by atoms with van der Waals surface area (Å²) in [6.45, 7) is 1.61. The van der Waals surface area contributed by atoms with Crippen LogP contribution in [-0.4, -0.2) is 19.5 Å². The first-order chi connectivity index (χ1) is 9.31. The van der Waals surface area contributed by atoms with Gasteiger partial charge in [-0.1, -0.05) is 12.1 Å². The summed E-state index contributed by atoms with van der Waals surface area (Å²) in [6.07, 6.45) is 0. The number of aromatic carboxylic acids is 1. The van der Waals surface area contributed by atoms with Crippen LogP contribution in [0.5, 0.6) is 0 Å². The Balaban J connectivity index is 2.45. The molecule has 0 aliphatic heterocycles. The molecule has 0 spiro atoms. The predicted molar refractivity (Wildman–Crippen MR) is 81.0 cm³/mol. The van der Waals surface area contributed by atoms with E-state index in [2.05, 4.69) is 20.7 Å². The van der Waals surface area contributed by atoms with Crippen LogP contribution in [0.15, 0.2) is 38.3 Å². The van der Waals surface area contributed by atoms with Gasteiger partial charge in [-0.05, 0) is 46.6 Å². The van der Waals surface area contributed by atoms with Crippen LogP contribution in [-0.2, 0) is 10.0 Å². The number of hydrogen-bond donors (Lipinski definition) is 2. The van der Waals surface area contributed by atoms with Crippen molar-refractivity contribution in [3.63, 3.8) is 0 Å². The SMILES string of the molecule is Cc1cccc(NS(=O)(=O)c2ccc(Br)s2)c1C(=O)O. The summed E-state index contributed by atoms with van der Waals surface area (Å²) in [6, 6.07) is 7.71. The molecule has 0 unspecified atom stereocenters. The third-order valence-corrected chi connectivity index (χ3v) is 6.03. The van der Waals surface area contributed by atoms with Gasteiger partial charge in [0, 0.05) is 0 Å². The van der Waals surface area contributed by atoms with Gasteiger partial charge in [0.2, 0.25) is 0 Å². The molecule has 2 aromatic rings. The summed E-state index contributed by atoms with van der Waals surface area (Å²) >= 11 is 4.24. The molecule has 8 heteroatoms. The summed E-state index contributed by atoms with van der Waals surface area (Å²) < 4.78 is 27.5. The summed E-state index contributed by atoms with van der Waals surface area (Å²) in [5.41, 5.74) is 0.499. The molecule has 1 heterocycles. The Kier molecular flexibility index (Phi) is 4.17. The Labute approximate surface area is 128 Å². The Bertz CT molecular complexity index is 768. The number of nitrogens with one attached hydrogen (secondary N) is 1. The van der Waals surface area contributed by atoms with Gasteiger partial charge in [0.1, 0.15) is 4.21 Å². The second-order valence-electron chi connectivity index (χ2n) is 3.97. The van der Waals surface area contributed by atoms with Crippen LogP contribution in [0.25, 0.3) is 0 Å². The maximum atomic E-state index is 12.2. The lowest BCUT2D eigenvalue weighted by Crippen LogP contribution is -2.15. The Morgan fingerprint density at radius 3 is 2.55 bits per heavy atom. The van der Waals surface area contributed by atoms with Gasteiger partial charge in [0.15, 0.2) is 0 Å². The first-order valence-electron chi connectivity index (χ1n) is 5.42. The lowest BCUT2D eigenvalue weighted by molar-refractivity contribution is 0.0697. The normalized spacial score (nSPS) is 11.3. The molecular weight excluding hydrogens is 366 g/mol. The zero-order chi connectivity index (χ0) is 14.9. The summed E-state index contributed by atoms with van der Waals surface area (Å²) in [7, 11) is -3.79. The molecule has 1 aromatic carbocycles. The highest BCUT2D eigenvalue weighted by atomic mass is 79.9. The smallest absolute Gasteiger partial charge is 0.338 e. The van der Waals surface area contributed by atoms with Crippen molar-refractivity contribution in [2.45, 2.75) is 11.1 Å². The fraction of sp³-hybridized carbons (Fsp3) is 0.0833. The van der Waals surface area contributed by atoms with E-state index in [1.165, 1.54) is 12.1 Å². The maximum Gasteiger partial charge on any atom is 0.338 e. The molecule has 1 aromatic heterocycles. The first kappa shape index (κ1) is 15.0. The summed E-state index contributed by atoms with van der Waals surface area (Å²) in [5, 5.41) is 9.18. The van der Waals surface area contributed by atoms with Crippen LogP contribution in [0.2, 0.25) is 0 Å². The average molecular weight is 376 g/mol. The minimum absolute atomic E-state index is 0.0494. The third-order valence-electron chi connectivity index (χ3n) is 2.54. The van der Waals surface area contributed by atoms with Gasteiger partial charge in [-0.2, -0.15) is 0 Å². The van der Waals surface area contributed by atoms with E-state index in [1.54, 1.807) is 25.1 Å². The topological polar surface area (TPSA) is 83.5 Å². The van der Waals surface area contributed by atoms with Gasteiger partial charge in [0.05, 0.1) is 15.0 Å². The van der Waals surface area contributed by atoms with Crippen molar-refractivity contribution in [3.05, 3.63) is 45.2 Å². The quantitative estimate of drug-likeness (QED) is 0.858. The van der Waals surface area contributed by atoms with Crippen molar-refractivity contribution in [1.82, 2.24) is 0 Å². The van der Waals surface area contributed by atoms with E-state index in [-0.39, 0.29) is 15.5 Å². The minimum atomic E-state index is -3.79.